The minimum atomic E-state index is -0.237. The first-order valence-corrected chi connectivity index (χ1v) is 10.5. The summed E-state index contributed by atoms with van der Waals surface area (Å²) in [6.45, 7) is 9.76. The van der Waals surface area contributed by atoms with Crippen LogP contribution in [0.3, 0.4) is 0 Å². The lowest BCUT2D eigenvalue weighted by atomic mass is 9.96. The zero-order valence-electron chi connectivity index (χ0n) is 17.7. The maximum absolute atomic E-state index is 11.5. The molecule has 3 aromatic rings. The third-order valence-corrected chi connectivity index (χ3v) is 5.56. The highest BCUT2D eigenvalue weighted by Gasteiger charge is 2.30. The Hall–Kier alpha value is -2.74. The van der Waals surface area contributed by atoms with E-state index in [2.05, 4.69) is 41.3 Å². The lowest BCUT2D eigenvalue weighted by Gasteiger charge is -2.22. The summed E-state index contributed by atoms with van der Waals surface area (Å²) in [5, 5.41) is 12.5. The monoisotopic (exact) mass is 427 g/mol. The van der Waals surface area contributed by atoms with Gasteiger partial charge in [0.1, 0.15) is 5.82 Å². The van der Waals surface area contributed by atoms with Crippen LogP contribution in [-0.4, -0.2) is 50.0 Å². The predicted molar refractivity (Wildman–Crippen MR) is 117 cm³/mol. The first-order valence-electron chi connectivity index (χ1n) is 10.1. The van der Waals surface area contributed by atoms with Gasteiger partial charge in [-0.3, -0.25) is 4.79 Å². The summed E-state index contributed by atoms with van der Waals surface area (Å²) in [5.74, 6) is 1.48. The van der Waals surface area contributed by atoms with Gasteiger partial charge in [-0.15, -0.1) is 5.10 Å². The number of nitrogens with one attached hydrogen (secondary N) is 1. The highest BCUT2D eigenvalue weighted by molar-refractivity contribution is 6.31. The van der Waals surface area contributed by atoms with Crippen molar-refractivity contribution in [1.82, 2.24) is 30.3 Å². The molecule has 30 heavy (non-hydrogen) atoms. The van der Waals surface area contributed by atoms with Gasteiger partial charge < -0.3 is 10.2 Å². The van der Waals surface area contributed by atoms with E-state index in [9.17, 15) is 4.79 Å². The number of rotatable bonds is 4. The molecule has 1 aromatic carbocycles. The molecule has 1 amide bonds. The first-order chi connectivity index (χ1) is 14.2. The Morgan fingerprint density at radius 3 is 2.73 bits per heavy atom. The molecule has 1 aliphatic rings. The number of aromatic nitrogens is 5. The van der Waals surface area contributed by atoms with Gasteiger partial charge in [-0.1, -0.05) is 55.8 Å². The van der Waals surface area contributed by atoms with Crippen LogP contribution >= 0.6 is 11.6 Å². The van der Waals surface area contributed by atoms with E-state index >= 15 is 0 Å². The molecule has 8 nitrogen and oxygen atoms in total. The highest BCUT2D eigenvalue weighted by atomic mass is 35.5. The van der Waals surface area contributed by atoms with Crippen LogP contribution in [0.4, 0.5) is 5.82 Å². The van der Waals surface area contributed by atoms with E-state index in [0.717, 1.165) is 30.2 Å². The van der Waals surface area contributed by atoms with Crippen LogP contribution in [0.5, 0.6) is 0 Å². The zero-order chi connectivity index (χ0) is 21.5. The van der Waals surface area contributed by atoms with Gasteiger partial charge in [0.25, 0.3) is 0 Å². The standard InChI is InChI=1S/C21H26ClN7O/c1-13(30)23-15-9-10-28(12-15)18-17-19(25-20(24-18)21(2,3)4)29(27-26-17)11-14-7-5-6-8-16(14)22/h5-8,15H,9-12H2,1-4H3,(H,23,30)/t15-/m1/s1. The fraction of sp³-hybridized carbons (Fsp3) is 0.476. The molecule has 1 atom stereocenters. The van der Waals surface area contributed by atoms with Gasteiger partial charge >= 0.3 is 0 Å². The second-order valence-corrected chi connectivity index (χ2v) is 9.17. The van der Waals surface area contributed by atoms with Crippen molar-refractivity contribution >= 4 is 34.5 Å². The largest absolute Gasteiger partial charge is 0.352 e. The number of halogens is 1. The zero-order valence-corrected chi connectivity index (χ0v) is 18.4. The number of anilines is 1. The third-order valence-electron chi connectivity index (χ3n) is 5.19. The van der Waals surface area contributed by atoms with Crippen LogP contribution in [-0.2, 0) is 16.8 Å². The van der Waals surface area contributed by atoms with Crippen LogP contribution in [0.2, 0.25) is 5.02 Å². The number of nitrogens with zero attached hydrogens (tertiary/aromatic N) is 6. The summed E-state index contributed by atoms with van der Waals surface area (Å²) >= 11 is 6.35. The van der Waals surface area contributed by atoms with Crippen molar-refractivity contribution in [3.05, 3.63) is 40.7 Å². The molecule has 9 heteroatoms. The topological polar surface area (TPSA) is 88.8 Å². The molecule has 1 saturated heterocycles. The van der Waals surface area contributed by atoms with Crippen molar-refractivity contribution < 1.29 is 4.79 Å². The molecular formula is C21H26ClN7O. The van der Waals surface area contributed by atoms with Crippen molar-refractivity contribution in [2.24, 2.45) is 0 Å². The molecule has 3 heterocycles. The molecular weight excluding hydrogens is 402 g/mol. The summed E-state index contributed by atoms with van der Waals surface area (Å²) < 4.78 is 1.78. The van der Waals surface area contributed by atoms with Crippen LogP contribution in [0.1, 0.15) is 45.5 Å². The van der Waals surface area contributed by atoms with Gasteiger partial charge in [0.15, 0.2) is 17.0 Å². The SMILES string of the molecule is CC(=O)N[C@@H]1CCN(c2nc(C(C)(C)C)nc3c2nnn3Cc2ccccc2Cl)C1. The summed E-state index contributed by atoms with van der Waals surface area (Å²) in [6.07, 6.45) is 0.865. The third kappa shape index (κ3) is 4.09. The normalized spacial score (nSPS) is 17.0. The number of fused-ring (bicyclic) bond motifs is 1. The summed E-state index contributed by atoms with van der Waals surface area (Å²) in [6, 6.07) is 7.80. The highest BCUT2D eigenvalue weighted by Crippen LogP contribution is 2.29. The van der Waals surface area contributed by atoms with Gasteiger partial charge in [0.2, 0.25) is 5.91 Å². The Morgan fingerprint density at radius 1 is 1.27 bits per heavy atom. The average molecular weight is 428 g/mol. The smallest absolute Gasteiger partial charge is 0.217 e. The lowest BCUT2D eigenvalue weighted by Crippen LogP contribution is -2.36. The van der Waals surface area contributed by atoms with E-state index in [-0.39, 0.29) is 17.4 Å². The molecule has 0 unspecified atom stereocenters. The van der Waals surface area contributed by atoms with Crippen molar-refractivity contribution in [3.8, 4) is 0 Å². The molecule has 0 spiro atoms. The first kappa shape index (κ1) is 20.5. The van der Waals surface area contributed by atoms with E-state index in [1.165, 1.54) is 0 Å². The van der Waals surface area contributed by atoms with E-state index in [0.29, 0.717) is 29.3 Å². The van der Waals surface area contributed by atoms with E-state index in [1.54, 1.807) is 11.6 Å². The summed E-state index contributed by atoms with van der Waals surface area (Å²) in [7, 11) is 0. The number of hydrogen-bond acceptors (Lipinski definition) is 6. The molecule has 0 bridgehead atoms. The number of hydrogen-bond donors (Lipinski definition) is 1. The van der Waals surface area contributed by atoms with Gasteiger partial charge in [-0.05, 0) is 18.1 Å². The van der Waals surface area contributed by atoms with Gasteiger partial charge in [0.05, 0.1) is 6.54 Å². The molecule has 0 radical (unpaired) electrons. The Balaban J connectivity index is 1.76. The van der Waals surface area contributed by atoms with Gasteiger partial charge in [0, 0.05) is 36.5 Å². The number of amides is 1. The molecule has 4 rings (SSSR count). The molecule has 1 fully saturated rings. The van der Waals surface area contributed by atoms with E-state index < -0.39 is 0 Å². The second-order valence-electron chi connectivity index (χ2n) is 8.76. The van der Waals surface area contributed by atoms with Crippen LogP contribution in [0.15, 0.2) is 24.3 Å². The predicted octanol–water partition coefficient (Wildman–Crippen LogP) is 2.94. The van der Waals surface area contributed by atoms with Crippen LogP contribution < -0.4 is 10.2 Å². The Kier molecular flexibility index (Phi) is 5.36. The average Bonchev–Trinajstić information content (AvgIpc) is 3.29. The van der Waals surface area contributed by atoms with E-state index in [1.807, 2.05) is 24.3 Å². The fourth-order valence-electron chi connectivity index (χ4n) is 3.65. The van der Waals surface area contributed by atoms with Crippen molar-refractivity contribution in [1.29, 1.82) is 0 Å². The minimum Gasteiger partial charge on any atom is -0.352 e. The number of carbonyl (C=O) groups excluding carboxylic acids is 1. The van der Waals surface area contributed by atoms with Gasteiger partial charge in [-0.25, -0.2) is 14.6 Å². The Morgan fingerprint density at radius 2 is 2.03 bits per heavy atom. The van der Waals surface area contributed by atoms with E-state index in [4.69, 9.17) is 21.6 Å². The number of benzene rings is 1. The van der Waals surface area contributed by atoms with Crippen molar-refractivity contribution in [2.45, 2.75) is 52.1 Å². The molecule has 158 valence electrons. The van der Waals surface area contributed by atoms with Crippen molar-refractivity contribution in [2.75, 3.05) is 18.0 Å². The summed E-state index contributed by atoms with van der Waals surface area (Å²) in [4.78, 5) is 23.3. The fourth-order valence-corrected chi connectivity index (χ4v) is 3.85. The Labute approximate surface area is 180 Å². The van der Waals surface area contributed by atoms with Gasteiger partial charge in [-0.2, -0.15) is 0 Å². The minimum absolute atomic E-state index is 0.0178. The molecule has 0 saturated carbocycles. The second kappa shape index (κ2) is 7.83. The maximum atomic E-state index is 11.5. The molecule has 2 aromatic heterocycles. The number of carbonyl (C=O) groups is 1. The summed E-state index contributed by atoms with van der Waals surface area (Å²) in [5.41, 5.74) is 2.07. The van der Waals surface area contributed by atoms with Crippen molar-refractivity contribution in [3.63, 3.8) is 0 Å². The quantitative estimate of drug-likeness (QED) is 0.688. The maximum Gasteiger partial charge on any atom is 0.217 e. The molecule has 0 aliphatic carbocycles. The molecule has 1 aliphatic heterocycles. The Bertz CT molecular complexity index is 1090. The van der Waals surface area contributed by atoms with Crippen LogP contribution in [0, 0.1) is 0 Å². The van der Waals surface area contributed by atoms with Crippen LogP contribution in [0.25, 0.3) is 11.2 Å². The lowest BCUT2D eigenvalue weighted by molar-refractivity contribution is -0.119. The molecule has 1 N–H and O–H groups in total.